The number of carboxylic acids is 1. The minimum atomic E-state index is -1.04. The molecular formula is C13H24N2O4. The summed E-state index contributed by atoms with van der Waals surface area (Å²) in [7, 11) is 0. The predicted molar refractivity (Wildman–Crippen MR) is 71.1 cm³/mol. The summed E-state index contributed by atoms with van der Waals surface area (Å²) in [6, 6.07) is -0.407. The molecule has 1 rings (SSSR count). The van der Waals surface area contributed by atoms with Crippen molar-refractivity contribution in [1.29, 1.82) is 0 Å². The minimum absolute atomic E-state index is 0.407. The highest BCUT2D eigenvalue weighted by Gasteiger charge is 2.45. The third-order valence-corrected chi connectivity index (χ3v) is 3.36. The molecule has 0 aromatic rings. The Balaban J connectivity index is 2.06. The van der Waals surface area contributed by atoms with Gasteiger partial charge in [-0.1, -0.05) is 13.3 Å². The van der Waals surface area contributed by atoms with Crippen LogP contribution in [-0.2, 0) is 9.53 Å². The minimum Gasteiger partial charge on any atom is -0.480 e. The van der Waals surface area contributed by atoms with Gasteiger partial charge in [0.1, 0.15) is 5.54 Å². The number of aliphatic carboxylic acids is 1. The van der Waals surface area contributed by atoms with Crippen molar-refractivity contribution in [2.45, 2.75) is 51.0 Å². The first kappa shape index (κ1) is 15.8. The topological polar surface area (TPSA) is 87.7 Å². The van der Waals surface area contributed by atoms with Crippen molar-refractivity contribution in [2.75, 3.05) is 19.8 Å². The van der Waals surface area contributed by atoms with E-state index in [1.54, 1.807) is 0 Å². The molecule has 0 saturated heterocycles. The van der Waals surface area contributed by atoms with Crippen LogP contribution in [0.5, 0.6) is 0 Å². The van der Waals surface area contributed by atoms with Gasteiger partial charge in [-0.3, -0.25) is 0 Å². The van der Waals surface area contributed by atoms with Crippen LogP contribution in [0, 0.1) is 0 Å². The van der Waals surface area contributed by atoms with Gasteiger partial charge < -0.3 is 20.5 Å². The van der Waals surface area contributed by atoms with Crippen LogP contribution in [0.15, 0.2) is 0 Å². The molecule has 6 heteroatoms. The van der Waals surface area contributed by atoms with E-state index in [1.807, 2.05) is 0 Å². The molecule has 2 amide bonds. The van der Waals surface area contributed by atoms with Crippen LogP contribution < -0.4 is 10.6 Å². The Morgan fingerprint density at radius 2 is 1.95 bits per heavy atom. The van der Waals surface area contributed by atoms with Crippen molar-refractivity contribution in [3.05, 3.63) is 0 Å². The number of hydrogen-bond donors (Lipinski definition) is 3. The number of rotatable bonds is 9. The summed E-state index contributed by atoms with van der Waals surface area (Å²) >= 11 is 0. The summed E-state index contributed by atoms with van der Waals surface area (Å²) in [4.78, 5) is 22.6. The third-order valence-electron chi connectivity index (χ3n) is 3.36. The molecule has 6 nitrogen and oxygen atoms in total. The van der Waals surface area contributed by atoms with Crippen LogP contribution in [0.3, 0.4) is 0 Å². The summed E-state index contributed by atoms with van der Waals surface area (Å²) in [6.07, 6.45) is 4.76. The molecule has 1 saturated carbocycles. The predicted octanol–water partition coefficient (Wildman–Crippen LogP) is 1.50. The van der Waals surface area contributed by atoms with Crippen molar-refractivity contribution in [2.24, 2.45) is 0 Å². The molecule has 1 fully saturated rings. The Morgan fingerprint density at radius 3 is 2.47 bits per heavy atom. The number of carboxylic acid groups (broad SMARTS) is 1. The maximum Gasteiger partial charge on any atom is 0.329 e. The average molecular weight is 272 g/mol. The SMILES string of the molecule is CCCCOCCCNC(=O)NC1(C(=O)O)CCC1. The van der Waals surface area contributed by atoms with Crippen molar-refractivity contribution >= 4 is 12.0 Å². The number of urea groups is 1. The van der Waals surface area contributed by atoms with Crippen molar-refractivity contribution in [3.63, 3.8) is 0 Å². The molecule has 0 atom stereocenters. The van der Waals surface area contributed by atoms with Gasteiger partial charge in [0.2, 0.25) is 0 Å². The lowest BCUT2D eigenvalue weighted by molar-refractivity contribution is -0.148. The molecule has 0 bridgehead atoms. The number of ether oxygens (including phenoxy) is 1. The van der Waals surface area contributed by atoms with E-state index in [0.29, 0.717) is 26.0 Å². The van der Waals surface area contributed by atoms with Crippen LogP contribution in [0.1, 0.15) is 45.4 Å². The zero-order valence-corrected chi connectivity index (χ0v) is 11.5. The first-order valence-electron chi connectivity index (χ1n) is 6.98. The second kappa shape index (κ2) is 7.99. The molecule has 0 aromatic heterocycles. The smallest absolute Gasteiger partial charge is 0.329 e. The molecular weight excluding hydrogens is 248 g/mol. The Hall–Kier alpha value is -1.30. The summed E-state index contributed by atoms with van der Waals surface area (Å²) in [5.74, 6) is -0.947. The van der Waals surface area contributed by atoms with E-state index >= 15 is 0 Å². The maximum atomic E-state index is 11.6. The highest BCUT2D eigenvalue weighted by molar-refractivity contribution is 5.87. The normalized spacial score (nSPS) is 16.5. The highest BCUT2D eigenvalue weighted by Crippen LogP contribution is 2.31. The largest absolute Gasteiger partial charge is 0.480 e. The molecule has 1 aliphatic rings. The van der Waals surface area contributed by atoms with Gasteiger partial charge in [0.25, 0.3) is 0 Å². The lowest BCUT2D eigenvalue weighted by Gasteiger charge is -2.38. The van der Waals surface area contributed by atoms with Gasteiger partial charge in [-0.2, -0.15) is 0 Å². The molecule has 0 heterocycles. The molecule has 110 valence electrons. The van der Waals surface area contributed by atoms with Gasteiger partial charge in [0.05, 0.1) is 0 Å². The summed E-state index contributed by atoms with van der Waals surface area (Å²) < 4.78 is 5.36. The molecule has 19 heavy (non-hydrogen) atoms. The maximum absolute atomic E-state index is 11.6. The van der Waals surface area contributed by atoms with Crippen LogP contribution in [0.25, 0.3) is 0 Å². The van der Waals surface area contributed by atoms with E-state index in [9.17, 15) is 9.59 Å². The van der Waals surface area contributed by atoms with E-state index in [-0.39, 0.29) is 0 Å². The number of carbonyl (C=O) groups excluding carboxylic acids is 1. The molecule has 0 radical (unpaired) electrons. The number of hydrogen-bond acceptors (Lipinski definition) is 3. The lowest BCUT2D eigenvalue weighted by atomic mass is 9.77. The van der Waals surface area contributed by atoms with Crippen LogP contribution in [0.4, 0.5) is 4.79 Å². The van der Waals surface area contributed by atoms with Crippen LogP contribution >= 0.6 is 0 Å². The molecule has 0 unspecified atom stereocenters. The Morgan fingerprint density at radius 1 is 1.26 bits per heavy atom. The van der Waals surface area contributed by atoms with Gasteiger partial charge in [0, 0.05) is 19.8 Å². The molecule has 0 aromatic carbocycles. The van der Waals surface area contributed by atoms with E-state index in [1.165, 1.54) is 0 Å². The first-order chi connectivity index (χ1) is 9.10. The Bertz CT molecular complexity index is 303. The quantitative estimate of drug-likeness (QED) is 0.555. The standard InChI is InChI=1S/C13H24N2O4/c1-2-3-9-19-10-5-8-14-12(18)15-13(11(16)17)6-4-7-13/h2-10H2,1H3,(H,16,17)(H2,14,15,18). The zero-order chi connectivity index (χ0) is 14.1. The van der Waals surface area contributed by atoms with E-state index in [2.05, 4.69) is 17.6 Å². The van der Waals surface area contributed by atoms with Crippen LogP contribution in [-0.4, -0.2) is 42.4 Å². The van der Waals surface area contributed by atoms with Gasteiger partial charge in [0.15, 0.2) is 0 Å². The lowest BCUT2D eigenvalue weighted by Crippen LogP contribution is -2.61. The van der Waals surface area contributed by atoms with Crippen LogP contribution in [0.2, 0.25) is 0 Å². The first-order valence-corrected chi connectivity index (χ1v) is 6.98. The number of amides is 2. The van der Waals surface area contributed by atoms with Crippen molar-refractivity contribution < 1.29 is 19.4 Å². The molecule has 1 aliphatic carbocycles. The fourth-order valence-electron chi connectivity index (χ4n) is 1.91. The Labute approximate surface area is 113 Å². The zero-order valence-electron chi connectivity index (χ0n) is 11.5. The summed E-state index contributed by atoms with van der Waals surface area (Å²) in [5.41, 5.74) is -1.04. The van der Waals surface area contributed by atoms with E-state index in [0.717, 1.165) is 32.3 Å². The van der Waals surface area contributed by atoms with Gasteiger partial charge in [-0.25, -0.2) is 9.59 Å². The molecule has 0 aliphatic heterocycles. The molecule has 3 N–H and O–H groups in total. The number of unbranched alkanes of at least 4 members (excludes halogenated alkanes) is 1. The van der Waals surface area contributed by atoms with Crippen molar-refractivity contribution in [1.82, 2.24) is 10.6 Å². The average Bonchev–Trinajstić information content (AvgIpc) is 2.32. The van der Waals surface area contributed by atoms with E-state index < -0.39 is 17.5 Å². The molecule has 0 spiro atoms. The number of carbonyl (C=O) groups is 2. The monoisotopic (exact) mass is 272 g/mol. The van der Waals surface area contributed by atoms with Crippen molar-refractivity contribution in [3.8, 4) is 0 Å². The van der Waals surface area contributed by atoms with Gasteiger partial charge in [-0.15, -0.1) is 0 Å². The fraction of sp³-hybridized carbons (Fsp3) is 0.846. The summed E-state index contributed by atoms with van der Waals surface area (Å²) in [5, 5.41) is 14.3. The van der Waals surface area contributed by atoms with Gasteiger partial charge in [-0.05, 0) is 32.1 Å². The second-order valence-corrected chi connectivity index (χ2v) is 4.94. The number of nitrogens with one attached hydrogen (secondary N) is 2. The second-order valence-electron chi connectivity index (χ2n) is 4.94. The highest BCUT2D eigenvalue weighted by atomic mass is 16.5. The van der Waals surface area contributed by atoms with Gasteiger partial charge >= 0.3 is 12.0 Å². The fourth-order valence-corrected chi connectivity index (χ4v) is 1.91. The van der Waals surface area contributed by atoms with E-state index in [4.69, 9.17) is 9.84 Å². The summed E-state index contributed by atoms with van der Waals surface area (Å²) in [6.45, 7) is 3.97. The Kier molecular flexibility index (Phi) is 6.62. The third kappa shape index (κ3) is 5.06.